The third-order valence-electron chi connectivity index (χ3n) is 2.97. The van der Waals surface area contributed by atoms with Crippen LogP contribution in [0.4, 0.5) is 0 Å². The van der Waals surface area contributed by atoms with Crippen molar-refractivity contribution in [2.45, 2.75) is 38.8 Å². The summed E-state index contributed by atoms with van der Waals surface area (Å²) in [4.78, 5) is 11.2. The number of ether oxygens (including phenoxy) is 1. The largest absolute Gasteiger partial charge is 0.495 e. The van der Waals surface area contributed by atoms with Crippen molar-refractivity contribution in [1.29, 1.82) is 0 Å². The van der Waals surface area contributed by atoms with Crippen molar-refractivity contribution in [3.05, 3.63) is 27.7 Å². The number of aliphatic carboxylic acids is 1. The van der Waals surface area contributed by atoms with E-state index in [2.05, 4.69) is 5.32 Å². The zero-order valence-electron chi connectivity index (χ0n) is 11.6. The summed E-state index contributed by atoms with van der Waals surface area (Å²) < 4.78 is 5.23. The van der Waals surface area contributed by atoms with Crippen LogP contribution in [0.2, 0.25) is 10.0 Å². The van der Waals surface area contributed by atoms with E-state index in [9.17, 15) is 4.79 Å². The summed E-state index contributed by atoms with van der Waals surface area (Å²) in [5.74, 6) is -0.339. The van der Waals surface area contributed by atoms with Gasteiger partial charge in [-0.25, -0.2) is 0 Å². The number of benzene rings is 1. The monoisotopic (exact) mass is 319 g/mol. The Bertz CT molecular complexity index is 466. The summed E-state index contributed by atoms with van der Waals surface area (Å²) in [6.45, 7) is 2.36. The predicted octanol–water partition coefficient (Wildman–Crippen LogP) is 3.74. The molecule has 0 amide bonds. The van der Waals surface area contributed by atoms with Gasteiger partial charge in [-0.3, -0.25) is 4.79 Å². The first-order valence-corrected chi connectivity index (χ1v) is 7.23. The van der Waals surface area contributed by atoms with Gasteiger partial charge in [0, 0.05) is 17.1 Å². The van der Waals surface area contributed by atoms with E-state index >= 15 is 0 Å². The summed E-state index contributed by atoms with van der Waals surface area (Å²) in [5.41, 5.74) is 0.743. The second kappa shape index (κ2) is 8.35. The Hall–Kier alpha value is -0.970. The Morgan fingerprint density at radius 2 is 2.15 bits per heavy atom. The molecule has 1 rings (SSSR count). The van der Waals surface area contributed by atoms with Crippen LogP contribution in [-0.4, -0.2) is 24.2 Å². The third-order valence-corrected chi connectivity index (χ3v) is 3.47. The number of methoxy groups -OCH3 is 1. The van der Waals surface area contributed by atoms with Gasteiger partial charge in [-0.1, -0.05) is 43.0 Å². The lowest BCUT2D eigenvalue weighted by Crippen LogP contribution is -2.36. The number of rotatable bonds is 8. The standard InChI is InChI=1S/C14H19Cl2NO3/c1-3-4-5-12(14(18)19)17-8-9-6-10(15)7-11(16)13(9)20-2/h6-7,12,17H,3-5,8H2,1-2H3,(H,18,19). The molecular weight excluding hydrogens is 301 g/mol. The Labute approximate surface area is 129 Å². The molecule has 20 heavy (non-hydrogen) atoms. The second-order valence-electron chi connectivity index (χ2n) is 4.49. The molecule has 0 bridgehead atoms. The lowest BCUT2D eigenvalue weighted by atomic mass is 10.1. The molecule has 0 aliphatic rings. The maximum Gasteiger partial charge on any atom is 0.320 e. The molecule has 1 unspecified atom stereocenters. The number of carboxylic acids is 1. The molecule has 0 saturated heterocycles. The molecule has 4 nitrogen and oxygen atoms in total. The van der Waals surface area contributed by atoms with E-state index in [1.54, 1.807) is 12.1 Å². The summed E-state index contributed by atoms with van der Waals surface area (Å²) in [6, 6.07) is 2.73. The minimum absolute atomic E-state index is 0.337. The van der Waals surface area contributed by atoms with E-state index in [0.717, 1.165) is 18.4 Å². The minimum Gasteiger partial charge on any atom is -0.495 e. The van der Waals surface area contributed by atoms with Gasteiger partial charge in [-0.05, 0) is 18.6 Å². The molecule has 1 aromatic rings. The molecule has 0 heterocycles. The number of carboxylic acid groups (broad SMARTS) is 1. The van der Waals surface area contributed by atoms with Crippen LogP contribution < -0.4 is 10.1 Å². The van der Waals surface area contributed by atoms with Crippen molar-refractivity contribution in [2.75, 3.05) is 7.11 Å². The Balaban J connectivity index is 2.79. The van der Waals surface area contributed by atoms with E-state index < -0.39 is 12.0 Å². The van der Waals surface area contributed by atoms with Crippen LogP contribution in [-0.2, 0) is 11.3 Å². The number of unbranched alkanes of at least 4 members (excludes halogenated alkanes) is 1. The quantitative estimate of drug-likeness (QED) is 0.766. The Morgan fingerprint density at radius 3 is 2.70 bits per heavy atom. The summed E-state index contributed by atoms with van der Waals surface area (Å²) >= 11 is 12.0. The van der Waals surface area contributed by atoms with Crippen molar-refractivity contribution in [3.63, 3.8) is 0 Å². The normalized spacial score (nSPS) is 12.2. The zero-order chi connectivity index (χ0) is 15.1. The smallest absolute Gasteiger partial charge is 0.320 e. The molecule has 0 saturated carbocycles. The highest BCUT2D eigenvalue weighted by Crippen LogP contribution is 2.32. The van der Waals surface area contributed by atoms with Gasteiger partial charge in [0.05, 0.1) is 12.1 Å². The molecule has 0 spiro atoms. The highest BCUT2D eigenvalue weighted by atomic mass is 35.5. The van der Waals surface area contributed by atoms with E-state index in [1.807, 2.05) is 6.92 Å². The van der Waals surface area contributed by atoms with Crippen LogP contribution in [0.5, 0.6) is 5.75 Å². The SMILES string of the molecule is CCCCC(NCc1cc(Cl)cc(Cl)c1OC)C(=O)O. The molecule has 1 aromatic carbocycles. The number of nitrogens with one attached hydrogen (secondary N) is 1. The average Bonchev–Trinajstić information content (AvgIpc) is 2.37. The highest BCUT2D eigenvalue weighted by Gasteiger charge is 2.17. The van der Waals surface area contributed by atoms with Gasteiger partial charge in [0.1, 0.15) is 11.8 Å². The lowest BCUT2D eigenvalue weighted by molar-refractivity contribution is -0.139. The highest BCUT2D eigenvalue weighted by molar-refractivity contribution is 6.35. The van der Waals surface area contributed by atoms with E-state index in [0.29, 0.717) is 28.8 Å². The van der Waals surface area contributed by atoms with Crippen molar-refractivity contribution in [1.82, 2.24) is 5.32 Å². The predicted molar refractivity (Wildman–Crippen MR) is 80.8 cm³/mol. The molecule has 0 fully saturated rings. The molecule has 0 radical (unpaired) electrons. The molecule has 112 valence electrons. The van der Waals surface area contributed by atoms with Crippen LogP contribution in [0.25, 0.3) is 0 Å². The van der Waals surface area contributed by atoms with Gasteiger partial charge in [0.2, 0.25) is 0 Å². The van der Waals surface area contributed by atoms with Crippen molar-refractivity contribution in [3.8, 4) is 5.75 Å². The summed E-state index contributed by atoms with van der Waals surface area (Å²) in [6.07, 6.45) is 2.40. The fourth-order valence-corrected chi connectivity index (χ4v) is 2.54. The maximum absolute atomic E-state index is 11.2. The van der Waals surface area contributed by atoms with Crippen molar-refractivity contribution < 1.29 is 14.6 Å². The van der Waals surface area contributed by atoms with Crippen molar-refractivity contribution in [2.24, 2.45) is 0 Å². The first-order valence-electron chi connectivity index (χ1n) is 6.47. The van der Waals surface area contributed by atoms with Gasteiger partial charge in [-0.15, -0.1) is 0 Å². The van der Waals surface area contributed by atoms with Gasteiger partial charge in [0.15, 0.2) is 0 Å². The summed E-state index contributed by atoms with van der Waals surface area (Å²) in [7, 11) is 1.52. The Morgan fingerprint density at radius 1 is 1.45 bits per heavy atom. The van der Waals surface area contributed by atoms with Gasteiger partial charge >= 0.3 is 5.97 Å². The second-order valence-corrected chi connectivity index (χ2v) is 5.34. The molecule has 2 N–H and O–H groups in total. The van der Waals surface area contributed by atoms with Gasteiger partial charge < -0.3 is 15.2 Å². The lowest BCUT2D eigenvalue weighted by Gasteiger charge is -2.16. The molecule has 1 atom stereocenters. The molecule has 0 aromatic heterocycles. The fourth-order valence-electron chi connectivity index (χ4n) is 1.93. The molecule has 6 heteroatoms. The molecule has 0 aliphatic carbocycles. The van der Waals surface area contributed by atoms with Gasteiger partial charge in [0.25, 0.3) is 0 Å². The third kappa shape index (κ3) is 4.85. The Kier molecular flexibility index (Phi) is 7.13. The first kappa shape index (κ1) is 17.1. The summed E-state index contributed by atoms with van der Waals surface area (Å²) in [5, 5.41) is 13.1. The van der Waals surface area contributed by atoms with E-state index in [4.69, 9.17) is 33.0 Å². The van der Waals surface area contributed by atoms with Crippen molar-refractivity contribution >= 4 is 29.2 Å². The number of hydrogen-bond donors (Lipinski definition) is 2. The first-order chi connectivity index (χ1) is 9.49. The van der Waals surface area contributed by atoms with Crippen LogP contribution >= 0.6 is 23.2 Å². The maximum atomic E-state index is 11.2. The van der Waals surface area contributed by atoms with Crippen LogP contribution in [0.1, 0.15) is 31.7 Å². The topological polar surface area (TPSA) is 58.6 Å². The average molecular weight is 320 g/mol. The molecule has 0 aliphatic heterocycles. The van der Waals surface area contributed by atoms with Crippen LogP contribution in [0, 0.1) is 0 Å². The number of carbonyl (C=O) groups is 1. The molecular formula is C14H19Cl2NO3. The van der Waals surface area contributed by atoms with Crippen LogP contribution in [0.3, 0.4) is 0 Å². The zero-order valence-corrected chi connectivity index (χ0v) is 13.1. The minimum atomic E-state index is -0.856. The van der Waals surface area contributed by atoms with E-state index in [1.165, 1.54) is 7.11 Å². The van der Waals surface area contributed by atoms with Gasteiger partial charge in [-0.2, -0.15) is 0 Å². The number of halogens is 2. The van der Waals surface area contributed by atoms with E-state index in [-0.39, 0.29) is 0 Å². The number of hydrogen-bond acceptors (Lipinski definition) is 3. The van der Waals surface area contributed by atoms with Crippen LogP contribution in [0.15, 0.2) is 12.1 Å². The fraction of sp³-hybridized carbons (Fsp3) is 0.500.